The van der Waals surface area contributed by atoms with Crippen molar-refractivity contribution in [2.75, 3.05) is 7.11 Å². The predicted octanol–water partition coefficient (Wildman–Crippen LogP) is 3.42. The quantitative estimate of drug-likeness (QED) is 0.390. The van der Waals surface area contributed by atoms with Gasteiger partial charge in [-0.1, -0.05) is 12.1 Å². The molecule has 0 radical (unpaired) electrons. The van der Waals surface area contributed by atoms with Crippen molar-refractivity contribution in [1.29, 1.82) is 0 Å². The maximum absolute atomic E-state index is 13.0. The fraction of sp³-hybridized carbons (Fsp3) is 0.167. The lowest BCUT2D eigenvalue weighted by Crippen LogP contribution is -2.29. The zero-order valence-electron chi connectivity index (χ0n) is 17.1. The number of aliphatic hydroxyl groups excluding tert-OH is 1. The lowest BCUT2D eigenvalue weighted by Gasteiger charge is -2.25. The smallest absolute Gasteiger partial charge is 0.295 e. The van der Waals surface area contributed by atoms with Crippen LogP contribution in [0.2, 0.25) is 0 Å². The highest BCUT2D eigenvalue weighted by atomic mass is 16.5. The summed E-state index contributed by atoms with van der Waals surface area (Å²) in [4.78, 5) is 35.7. The molecule has 3 heterocycles. The van der Waals surface area contributed by atoms with Crippen LogP contribution >= 0.6 is 0 Å². The van der Waals surface area contributed by atoms with Crippen LogP contribution in [0.25, 0.3) is 5.76 Å². The maximum Gasteiger partial charge on any atom is 0.295 e. The number of rotatable bonds is 5. The van der Waals surface area contributed by atoms with E-state index in [1.165, 1.54) is 4.90 Å². The second-order valence-electron chi connectivity index (χ2n) is 7.26. The predicted molar refractivity (Wildman–Crippen MR) is 114 cm³/mol. The highest BCUT2D eigenvalue weighted by molar-refractivity contribution is 6.46. The zero-order valence-corrected chi connectivity index (χ0v) is 17.1. The normalized spacial score (nSPS) is 17.7. The molecule has 156 valence electrons. The first-order valence-corrected chi connectivity index (χ1v) is 9.73. The van der Waals surface area contributed by atoms with Gasteiger partial charge in [-0.15, -0.1) is 0 Å². The summed E-state index contributed by atoms with van der Waals surface area (Å²) in [7, 11) is 1.56. The summed E-state index contributed by atoms with van der Waals surface area (Å²) in [6.45, 7) is 2.02. The number of hydrogen-bond acceptors (Lipinski definition) is 6. The summed E-state index contributed by atoms with van der Waals surface area (Å²) in [5.41, 5.74) is 2.68. The SMILES string of the molecule is COc1ccc(C(O)=C2C(=O)C(=O)N(Cc3cccnc3)[C@@H]2c2cccnc2)cc1C. The standard InChI is InChI=1S/C24H21N3O4/c1-15-11-17(7-8-19(15)31-2)22(28)20-21(18-6-4-10-26-13-18)27(24(30)23(20)29)14-16-5-3-9-25-12-16/h3-13,21,28H,14H2,1-2H3/t21-/m1/s1. The number of likely N-dealkylation sites (tertiary alicyclic amines) is 1. The van der Waals surface area contributed by atoms with Gasteiger partial charge in [0.2, 0.25) is 0 Å². The number of ether oxygens (including phenoxy) is 1. The molecule has 4 rings (SSSR count). The topological polar surface area (TPSA) is 92.6 Å². The number of pyridine rings is 2. The number of aromatic nitrogens is 2. The minimum atomic E-state index is -0.767. The summed E-state index contributed by atoms with van der Waals surface area (Å²) >= 11 is 0. The van der Waals surface area contributed by atoms with Gasteiger partial charge in [0.25, 0.3) is 11.7 Å². The summed E-state index contributed by atoms with van der Waals surface area (Å²) in [5, 5.41) is 11.1. The molecule has 1 atom stereocenters. The Kier molecular flexibility index (Phi) is 5.49. The van der Waals surface area contributed by atoms with Crippen molar-refractivity contribution < 1.29 is 19.4 Å². The number of carbonyl (C=O) groups excluding carboxylic acids is 2. The highest BCUT2D eigenvalue weighted by Crippen LogP contribution is 2.40. The second-order valence-corrected chi connectivity index (χ2v) is 7.26. The van der Waals surface area contributed by atoms with E-state index in [1.807, 2.05) is 13.0 Å². The Morgan fingerprint density at radius 3 is 2.45 bits per heavy atom. The average molecular weight is 415 g/mol. The third kappa shape index (κ3) is 3.77. The molecular weight excluding hydrogens is 394 g/mol. The molecule has 0 unspecified atom stereocenters. The van der Waals surface area contributed by atoms with Crippen LogP contribution in [-0.2, 0) is 16.1 Å². The fourth-order valence-corrected chi connectivity index (χ4v) is 3.80. The Bertz CT molecular complexity index is 1160. The third-order valence-corrected chi connectivity index (χ3v) is 5.28. The number of methoxy groups -OCH3 is 1. The average Bonchev–Trinajstić information content (AvgIpc) is 3.04. The van der Waals surface area contributed by atoms with E-state index in [0.717, 1.165) is 11.1 Å². The second kappa shape index (κ2) is 8.39. The molecular formula is C24H21N3O4. The molecule has 1 aliphatic rings. The Labute approximate surface area is 179 Å². The van der Waals surface area contributed by atoms with Gasteiger partial charge in [0.15, 0.2) is 0 Å². The van der Waals surface area contributed by atoms with Crippen LogP contribution in [0.15, 0.2) is 72.8 Å². The molecule has 1 fully saturated rings. The van der Waals surface area contributed by atoms with Gasteiger partial charge in [-0.25, -0.2) is 0 Å². The first-order valence-electron chi connectivity index (χ1n) is 9.73. The van der Waals surface area contributed by atoms with E-state index in [4.69, 9.17) is 4.74 Å². The largest absolute Gasteiger partial charge is 0.507 e. The van der Waals surface area contributed by atoms with Crippen LogP contribution in [0.5, 0.6) is 5.75 Å². The number of amides is 1. The summed E-state index contributed by atoms with van der Waals surface area (Å²) in [6, 6.07) is 11.5. The summed E-state index contributed by atoms with van der Waals surface area (Å²) < 4.78 is 5.28. The van der Waals surface area contributed by atoms with E-state index in [1.54, 1.807) is 68.3 Å². The Balaban J connectivity index is 1.85. The molecule has 1 aromatic carbocycles. The lowest BCUT2D eigenvalue weighted by molar-refractivity contribution is -0.140. The van der Waals surface area contributed by atoms with Crippen LogP contribution < -0.4 is 4.74 Å². The van der Waals surface area contributed by atoms with E-state index < -0.39 is 17.7 Å². The molecule has 1 amide bonds. The lowest BCUT2D eigenvalue weighted by atomic mass is 9.95. The van der Waals surface area contributed by atoms with Crippen molar-refractivity contribution in [3.63, 3.8) is 0 Å². The van der Waals surface area contributed by atoms with Crippen molar-refractivity contribution in [2.45, 2.75) is 19.5 Å². The molecule has 1 N–H and O–H groups in total. The van der Waals surface area contributed by atoms with Gasteiger partial charge in [0.05, 0.1) is 18.7 Å². The Morgan fingerprint density at radius 2 is 1.84 bits per heavy atom. The third-order valence-electron chi connectivity index (χ3n) is 5.28. The van der Waals surface area contributed by atoms with Gasteiger partial charge in [-0.05, 0) is 53.9 Å². The number of nitrogens with zero attached hydrogens (tertiary/aromatic N) is 3. The van der Waals surface area contributed by atoms with Crippen LogP contribution in [-0.4, -0.2) is 38.8 Å². The molecule has 2 aromatic heterocycles. The van der Waals surface area contributed by atoms with Crippen molar-refractivity contribution >= 4 is 17.4 Å². The van der Waals surface area contributed by atoms with Crippen molar-refractivity contribution in [1.82, 2.24) is 14.9 Å². The molecule has 7 nitrogen and oxygen atoms in total. The van der Waals surface area contributed by atoms with E-state index in [-0.39, 0.29) is 17.9 Å². The zero-order chi connectivity index (χ0) is 22.0. The van der Waals surface area contributed by atoms with Gasteiger partial charge >= 0.3 is 0 Å². The monoisotopic (exact) mass is 415 g/mol. The molecule has 1 saturated heterocycles. The number of aryl methyl sites for hydroxylation is 1. The number of carbonyl (C=O) groups is 2. The molecule has 3 aromatic rings. The molecule has 7 heteroatoms. The summed E-state index contributed by atoms with van der Waals surface area (Å²) in [5.74, 6) is -0.975. The first-order chi connectivity index (χ1) is 15.0. The Morgan fingerprint density at radius 1 is 1.10 bits per heavy atom. The van der Waals surface area contributed by atoms with Crippen LogP contribution in [0.4, 0.5) is 0 Å². The van der Waals surface area contributed by atoms with Gasteiger partial charge < -0.3 is 14.7 Å². The molecule has 1 aliphatic heterocycles. The molecule has 0 saturated carbocycles. The highest BCUT2D eigenvalue weighted by Gasteiger charge is 2.46. The minimum absolute atomic E-state index is 0.0338. The van der Waals surface area contributed by atoms with Crippen LogP contribution in [0, 0.1) is 6.92 Å². The van der Waals surface area contributed by atoms with Gasteiger partial charge in [-0.2, -0.15) is 0 Å². The fourth-order valence-electron chi connectivity index (χ4n) is 3.80. The van der Waals surface area contributed by atoms with Gasteiger partial charge in [-0.3, -0.25) is 19.6 Å². The van der Waals surface area contributed by atoms with Crippen molar-refractivity contribution in [3.05, 3.63) is 95.1 Å². The molecule has 0 bridgehead atoms. The summed E-state index contributed by atoms with van der Waals surface area (Å²) in [6.07, 6.45) is 6.50. The maximum atomic E-state index is 13.0. The molecule has 0 aliphatic carbocycles. The van der Waals surface area contributed by atoms with E-state index in [2.05, 4.69) is 9.97 Å². The van der Waals surface area contributed by atoms with Gasteiger partial charge in [0, 0.05) is 36.9 Å². The molecule has 31 heavy (non-hydrogen) atoms. The van der Waals surface area contributed by atoms with Gasteiger partial charge in [0.1, 0.15) is 11.5 Å². The first kappa shape index (κ1) is 20.3. The number of benzene rings is 1. The molecule has 0 spiro atoms. The minimum Gasteiger partial charge on any atom is -0.507 e. The number of aliphatic hydroxyl groups is 1. The Hall–Kier alpha value is -4.00. The van der Waals surface area contributed by atoms with Crippen LogP contribution in [0.3, 0.4) is 0 Å². The van der Waals surface area contributed by atoms with Crippen molar-refractivity contribution in [2.24, 2.45) is 0 Å². The number of ketones is 1. The van der Waals surface area contributed by atoms with Crippen molar-refractivity contribution in [3.8, 4) is 5.75 Å². The van der Waals surface area contributed by atoms with E-state index >= 15 is 0 Å². The van der Waals surface area contributed by atoms with E-state index in [9.17, 15) is 14.7 Å². The van der Waals surface area contributed by atoms with E-state index in [0.29, 0.717) is 16.9 Å². The van der Waals surface area contributed by atoms with Crippen LogP contribution in [0.1, 0.15) is 28.3 Å². The number of Topliss-reactive ketones (excluding diaryl/α,β-unsaturated/α-hetero) is 1. The number of hydrogen-bond donors (Lipinski definition) is 1.